The summed E-state index contributed by atoms with van der Waals surface area (Å²) in [6.45, 7) is 0. The molecular formula is C20H14N4O4S2. The quantitative estimate of drug-likeness (QED) is 0.626. The van der Waals surface area contributed by atoms with Crippen molar-refractivity contribution < 1.29 is 17.0 Å². The van der Waals surface area contributed by atoms with Crippen LogP contribution in [0.15, 0.2) is 95.2 Å². The van der Waals surface area contributed by atoms with Gasteiger partial charge in [-0.15, -0.1) is 0 Å². The van der Waals surface area contributed by atoms with Crippen LogP contribution in [0, 0.1) is 0 Å². The van der Waals surface area contributed by atoms with Crippen LogP contribution in [0.2, 0.25) is 0 Å². The van der Waals surface area contributed by atoms with Crippen LogP contribution in [-0.4, -0.2) is 20.1 Å². The van der Waals surface area contributed by atoms with Crippen molar-refractivity contribution in [3.8, 4) is 0 Å². The zero-order valence-electron chi connectivity index (χ0n) is 15.3. The maximum Gasteiger partial charge on any atom is 0.346 e. The normalized spacial score (nSPS) is 20.4. The van der Waals surface area contributed by atoms with Crippen molar-refractivity contribution in [2.75, 3.05) is 8.61 Å². The van der Waals surface area contributed by atoms with Gasteiger partial charge in [0.05, 0.1) is 11.4 Å². The van der Waals surface area contributed by atoms with Crippen molar-refractivity contribution in [2.45, 2.75) is 0 Å². The Balaban J connectivity index is 1.45. The fourth-order valence-electron chi connectivity index (χ4n) is 3.07. The highest BCUT2D eigenvalue weighted by Crippen LogP contribution is 2.27. The molecule has 30 heavy (non-hydrogen) atoms. The third-order valence-electron chi connectivity index (χ3n) is 4.44. The van der Waals surface area contributed by atoms with Crippen LogP contribution in [0.3, 0.4) is 0 Å². The molecule has 0 fully saturated rings. The standard InChI is InChI=1S/C20H14N4O4S2/c25-29-23(17-7-3-1-4-8-17)19(21-27-29)15-11-13-16(14-12-15)20-22-28-30(26)24(20)18-9-5-2-6-10-18/h1-14H. The van der Waals surface area contributed by atoms with Gasteiger partial charge in [-0.05, 0) is 34.6 Å². The molecule has 8 nitrogen and oxygen atoms in total. The number of rotatable bonds is 4. The summed E-state index contributed by atoms with van der Waals surface area (Å²) in [5, 5.41) is 7.95. The van der Waals surface area contributed by atoms with Gasteiger partial charge < -0.3 is 0 Å². The van der Waals surface area contributed by atoms with E-state index in [-0.39, 0.29) is 0 Å². The summed E-state index contributed by atoms with van der Waals surface area (Å²) in [7, 11) is 0. The van der Waals surface area contributed by atoms with Crippen molar-refractivity contribution >= 4 is 45.6 Å². The average Bonchev–Trinajstić information content (AvgIpc) is 3.38. The van der Waals surface area contributed by atoms with Gasteiger partial charge in [0.2, 0.25) is 0 Å². The first kappa shape index (κ1) is 18.5. The highest BCUT2D eigenvalue weighted by Gasteiger charge is 2.32. The third-order valence-corrected chi connectivity index (χ3v) is 6.21. The van der Waals surface area contributed by atoms with Gasteiger partial charge in [0.25, 0.3) is 0 Å². The van der Waals surface area contributed by atoms with Crippen LogP contribution in [0.5, 0.6) is 0 Å². The van der Waals surface area contributed by atoms with Crippen molar-refractivity contribution in [3.63, 3.8) is 0 Å². The Bertz CT molecular complexity index is 1090. The number of hydrogen-bond acceptors (Lipinski definition) is 6. The number of anilines is 2. The second-order valence-corrected chi connectivity index (χ2v) is 8.15. The monoisotopic (exact) mass is 438 g/mol. The number of benzene rings is 3. The van der Waals surface area contributed by atoms with Crippen molar-refractivity contribution in [1.82, 2.24) is 0 Å². The van der Waals surface area contributed by atoms with E-state index in [1.54, 1.807) is 0 Å². The molecule has 2 heterocycles. The molecule has 0 amide bonds. The van der Waals surface area contributed by atoms with Gasteiger partial charge in [-0.25, -0.2) is 8.61 Å². The zero-order valence-corrected chi connectivity index (χ0v) is 17.0. The van der Waals surface area contributed by atoms with E-state index in [4.69, 9.17) is 8.57 Å². The molecule has 10 heteroatoms. The summed E-state index contributed by atoms with van der Waals surface area (Å²) in [5.74, 6) is 0.860. The van der Waals surface area contributed by atoms with E-state index in [0.717, 1.165) is 0 Å². The third kappa shape index (κ3) is 3.25. The molecule has 0 bridgehead atoms. The Labute approximate surface area is 177 Å². The molecule has 0 spiro atoms. The lowest BCUT2D eigenvalue weighted by Gasteiger charge is -2.17. The van der Waals surface area contributed by atoms with E-state index in [2.05, 4.69) is 10.3 Å². The highest BCUT2D eigenvalue weighted by molar-refractivity contribution is 7.83. The Morgan fingerprint density at radius 3 is 1.30 bits per heavy atom. The fraction of sp³-hybridized carbons (Fsp3) is 0. The molecule has 3 aromatic carbocycles. The second kappa shape index (κ2) is 7.73. The van der Waals surface area contributed by atoms with Gasteiger partial charge in [-0.1, -0.05) is 60.7 Å². The minimum atomic E-state index is -1.75. The number of para-hydroxylation sites is 2. The number of amidine groups is 2. The van der Waals surface area contributed by atoms with Crippen LogP contribution in [0.1, 0.15) is 11.1 Å². The van der Waals surface area contributed by atoms with Gasteiger partial charge in [-0.3, -0.25) is 8.57 Å². The lowest BCUT2D eigenvalue weighted by atomic mass is 10.1. The Morgan fingerprint density at radius 2 is 0.933 bits per heavy atom. The van der Waals surface area contributed by atoms with Crippen LogP contribution in [-0.2, 0) is 31.1 Å². The lowest BCUT2D eigenvalue weighted by molar-refractivity contribution is 0.386. The lowest BCUT2D eigenvalue weighted by Crippen LogP contribution is -2.29. The average molecular weight is 438 g/mol. The molecule has 0 aliphatic carbocycles. The summed E-state index contributed by atoms with van der Waals surface area (Å²) >= 11 is -3.49. The Hall–Kier alpha value is -3.50. The first-order chi connectivity index (χ1) is 14.7. The molecule has 2 aliphatic heterocycles. The fourth-order valence-corrected chi connectivity index (χ4v) is 4.62. The van der Waals surface area contributed by atoms with Crippen LogP contribution in [0.25, 0.3) is 0 Å². The SMILES string of the molecule is O=S1ON=C(c2ccc(C3=NOS(=O)N3c3ccccc3)cc2)N1c1ccccc1. The Morgan fingerprint density at radius 1 is 0.567 bits per heavy atom. The predicted octanol–water partition coefficient (Wildman–Crippen LogP) is 3.24. The van der Waals surface area contributed by atoms with E-state index in [1.807, 2.05) is 84.9 Å². The highest BCUT2D eigenvalue weighted by atomic mass is 32.2. The molecule has 2 atom stereocenters. The maximum absolute atomic E-state index is 12.3. The van der Waals surface area contributed by atoms with Crippen molar-refractivity contribution in [2.24, 2.45) is 10.3 Å². The molecule has 0 N–H and O–H groups in total. The minimum absolute atomic E-state index is 0.430. The van der Waals surface area contributed by atoms with Crippen LogP contribution >= 0.6 is 0 Å². The van der Waals surface area contributed by atoms with E-state index in [1.165, 1.54) is 8.61 Å². The maximum atomic E-state index is 12.3. The minimum Gasteiger partial charge on any atom is -0.268 e. The summed E-state index contributed by atoms with van der Waals surface area (Å²) in [6, 6.07) is 25.7. The molecule has 0 aromatic heterocycles. The topological polar surface area (TPSA) is 83.8 Å². The number of hydrogen-bond donors (Lipinski definition) is 0. The first-order valence-corrected chi connectivity index (χ1v) is 10.9. The summed E-state index contributed by atoms with van der Waals surface area (Å²) in [4.78, 5) is 0. The molecule has 3 aromatic rings. The second-order valence-electron chi connectivity index (χ2n) is 6.25. The van der Waals surface area contributed by atoms with E-state index >= 15 is 0 Å². The van der Waals surface area contributed by atoms with Crippen LogP contribution in [0.4, 0.5) is 11.4 Å². The molecular weight excluding hydrogens is 424 g/mol. The molecule has 0 saturated heterocycles. The number of nitrogens with zero attached hydrogens (tertiary/aromatic N) is 4. The van der Waals surface area contributed by atoms with E-state index in [9.17, 15) is 8.42 Å². The molecule has 0 saturated carbocycles. The smallest absolute Gasteiger partial charge is 0.268 e. The predicted molar refractivity (Wildman–Crippen MR) is 116 cm³/mol. The zero-order chi connectivity index (χ0) is 20.5. The molecule has 150 valence electrons. The van der Waals surface area contributed by atoms with Crippen molar-refractivity contribution in [1.29, 1.82) is 0 Å². The summed E-state index contributed by atoms with van der Waals surface area (Å²) in [5.41, 5.74) is 2.83. The van der Waals surface area contributed by atoms with Gasteiger partial charge in [-0.2, -0.15) is 8.42 Å². The molecule has 2 unspecified atom stereocenters. The van der Waals surface area contributed by atoms with E-state index in [0.29, 0.717) is 34.2 Å². The summed E-state index contributed by atoms with van der Waals surface area (Å²) < 4.78 is 37.6. The van der Waals surface area contributed by atoms with Crippen LogP contribution < -0.4 is 8.61 Å². The van der Waals surface area contributed by atoms with E-state index < -0.39 is 22.5 Å². The number of oxime groups is 2. The molecule has 0 radical (unpaired) electrons. The summed E-state index contributed by atoms with van der Waals surface area (Å²) in [6.07, 6.45) is 0. The van der Waals surface area contributed by atoms with Gasteiger partial charge in [0, 0.05) is 11.1 Å². The Kier molecular flexibility index (Phi) is 4.77. The van der Waals surface area contributed by atoms with Gasteiger partial charge >= 0.3 is 22.5 Å². The van der Waals surface area contributed by atoms with Gasteiger partial charge in [0.1, 0.15) is 0 Å². The largest absolute Gasteiger partial charge is 0.346 e. The first-order valence-electron chi connectivity index (χ1n) is 8.88. The molecule has 5 rings (SSSR count). The van der Waals surface area contributed by atoms with Crippen molar-refractivity contribution in [3.05, 3.63) is 96.1 Å². The van der Waals surface area contributed by atoms with Gasteiger partial charge in [0.15, 0.2) is 11.7 Å². The molecule has 2 aliphatic rings.